The van der Waals surface area contributed by atoms with Crippen molar-refractivity contribution in [3.8, 4) is 0 Å². The summed E-state index contributed by atoms with van der Waals surface area (Å²) in [5.41, 5.74) is 8.97. The Hall–Kier alpha value is -2.55. The van der Waals surface area contributed by atoms with Gasteiger partial charge in [-0.15, -0.1) is 12.4 Å². The number of aliphatic hydroxyl groups is 1. The van der Waals surface area contributed by atoms with E-state index in [4.69, 9.17) is 37.1 Å². The molecule has 506 valence electrons. The maximum atomic E-state index is 11.7. The van der Waals surface area contributed by atoms with Crippen molar-refractivity contribution in [3.63, 3.8) is 0 Å². The second-order valence-corrected chi connectivity index (χ2v) is 30.0. The zero-order valence-corrected chi connectivity index (χ0v) is 62.2. The molecule has 0 saturated heterocycles. The molecule has 7 N–H and O–H groups in total. The molecule has 3 aromatic heterocycles. The van der Waals surface area contributed by atoms with Crippen molar-refractivity contribution in [2.75, 3.05) is 19.8 Å². The van der Waals surface area contributed by atoms with Gasteiger partial charge >= 0.3 is 35.0 Å². The molecule has 19 nitrogen and oxygen atoms in total. The fourth-order valence-electron chi connectivity index (χ4n) is 10.2. The fraction of sp³-hybridized carbons (Fsp3) is 0.734. The summed E-state index contributed by atoms with van der Waals surface area (Å²) in [6.45, 7) is 22.5. The molecular weight excluding hydrogens is 1290 g/mol. The average Bonchev–Trinajstić information content (AvgIpc) is 3.13. The number of nitrogens with zero attached hydrogens (tertiary/aromatic N) is 7. The predicted octanol–water partition coefficient (Wildman–Crippen LogP) is 10.4. The van der Waals surface area contributed by atoms with Crippen molar-refractivity contribution >= 4 is 92.5 Å². The molecule has 25 heteroatoms. The molecule has 0 radical (unpaired) electrons. The van der Waals surface area contributed by atoms with Gasteiger partial charge in [-0.25, -0.2) is 58.5 Å². The zero-order chi connectivity index (χ0) is 63.5. The number of esters is 2. The number of nitrogens with two attached hydrogens (primary N) is 2. The Bertz CT molecular complexity index is 2450. The van der Waals surface area contributed by atoms with Crippen LogP contribution in [0.4, 0.5) is 0 Å². The van der Waals surface area contributed by atoms with Crippen molar-refractivity contribution in [2.45, 2.75) is 271 Å². The number of carbonyl (C=O) groups excluding carboxylic acids is 3. The van der Waals surface area contributed by atoms with Crippen LogP contribution < -0.4 is 33.3 Å². The van der Waals surface area contributed by atoms with Gasteiger partial charge < -0.3 is 49.9 Å². The molecule has 5 fully saturated rings. The van der Waals surface area contributed by atoms with Crippen LogP contribution in [0, 0.1) is 18.3 Å². The number of rotatable bonds is 13. The smallest absolute Gasteiger partial charge is 1.00 e. The summed E-state index contributed by atoms with van der Waals surface area (Å²) in [6, 6.07) is 0.494. The third-order valence-corrected chi connectivity index (χ3v) is 18.7. The SMILES string of the molecule is CC(C)(C)S(=O)N=C1CCCCC1.CC(C)(C)S(=O)NC1CCCCC1.CC1(Cc2ncc(C(=O)CO)cn2)CCCCC1.CC1(N)CCCCC1.CCOC(=O)c1cnc(CC2(C)CCCCC2)nc1.CCOC(=O)c1cnc(Cl)nc1.Cl.NO.[Br-].[CH3-].[Mg+2]. The first-order valence-electron chi connectivity index (χ1n) is 31.0. The van der Waals surface area contributed by atoms with Crippen molar-refractivity contribution in [2.24, 2.45) is 26.9 Å². The number of halogens is 3. The van der Waals surface area contributed by atoms with Crippen LogP contribution in [0.3, 0.4) is 0 Å². The van der Waals surface area contributed by atoms with E-state index in [1.165, 1.54) is 178 Å². The average molecular weight is 1400 g/mol. The largest absolute Gasteiger partial charge is 2.00 e. The number of ether oxygens (including phenoxy) is 2. The van der Waals surface area contributed by atoms with E-state index >= 15 is 0 Å². The van der Waals surface area contributed by atoms with Crippen molar-refractivity contribution < 1.29 is 59.6 Å². The number of aromatic nitrogens is 6. The third-order valence-electron chi connectivity index (χ3n) is 15.4. The minimum absolute atomic E-state index is 0. The Morgan fingerprint density at radius 2 is 0.966 bits per heavy atom. The van der Waals surface area contributed by atoms with Gasteiger partial charge in [0.15, 0.2) is 5.78 Å². The van der Waals surface area contributed by atoms with E-state index in [1.54, 1.807) is 26.2 Å². The van der Waals surface area contributed by atoms with Crippen LogP contribution in [0.25, 0.3) is 0 Å². The molecule has 5 aliphatic rings. The summed E-state index contributed by atoms with van der Waals surface area (Å²) in [7, 11) is -1.93. The van der Waals surface area contributed by atoms with Gasteiger partial charge in [-0.1, -0.05) is 97.3 Å². The predicted molar refractivity (Wildman–Crippen MR) is 362 cm³/mol. The van der Waals surface area contributed by atoms with Gasteiger partial charge in [-0.2, -0.15) is 4.40 Å². The molecular formula is C64H111BrCl2MgN10O9S2. The normalized spacial score (nSPS) is 17.9. The number of aliphatic hydroxyl groups excluding tert-OH is 1. The number of nitrogens with one attached hydrogen (secondary N) is 1. The molecule has 2 atom stereocenters. The Kier molecular flexibility index (Phi) is 49.1. The molecule has 0 aromatic carbocycles. The Balaban J connectivity index is -0.000000999. The van der Waals surface area contributed by atoms with Gasteiger partial charge in [0.1, 0.15) is 29.2 Å². The Labute approximate surface area is 577 Å². The van der Waals surface area contributed by atoms with Crippen LogP contribution >= 0.6 is 24.0 Å². The van der Waals surface area contributed by atoms with Gasteiger partial charge in [0.2, 0.25) is 5.28 Å². The number of Topliss-reactive ketones (excluding diaryl/α,β-unsaturated/α-hetero) is 1. The second kappa shape index (κ2) is 48.2. The maximum absolute atomic E-state index is 11.7. The van der Waals surface area contributed by atoms with E-state index < -0.39 is 34.5 Å². The fourth-order valence-corrected chi connectivity index (χ4v) is 11.9. The van der Waals surface area contributed by atoms with E-state index in [2.05, 4.69) is 65.7 Å². The van der Waals surface area contributed by atoms with Gasteiger partial charge in [0.25, 0.3) is 0 Å². The van der Waals surface area contributed by atoms with Crippen LogP contribution in [-0.2, 0) is 44.3 Å². The van der Waals surface area contributed by atoms with Crippen LogP contribution in [0.2, 0.25) is 5.28 Å². The number of hydrogen-bond acceptors (Lipinski definition) is 17. The summed E-state index contributed by atoms with van der Waals surface area (Å²) in [4.78, 5) is 58.1. The van der Waals surface area contributed by atoms with E-state index in [9.17, 15) is 22.8 Å². The van der Waals surface area contributed by atoms with Crippen molar-refractivity contribution in [1.82, 2.24) is 34.6 Å². The minimum atomic E-state index is -1.05. The molecule has 5 aliphatic carbocycles. The molecule has 2 unspecified atom stereocenters. The number of ketones is 1. The maximum Gasteiger partial charge on any atom is 2.00 e. The summed E-state index contributed by atoms with van der Waals surface area (Å²) < 4.78 is 40.2. The molecule has 3 aromatic rings. The van der Waals surface area contributed by atoms with Crippen LogP contribution in [-0.4, -0.2) is 136 Å². The molecule has 8 rings (SSSR count). The van der Waals surface area contributed by atoms with E-state index in [-0.39, 0.29) is 91.9 Å². The van der Waals surface area contributed by atoms with E-state index in [1.807, 2.05) is 41.5 Å². The molecule has 3 heterocycles. The molecule has 0 bridgehead atoms. The van der Waals surface area contributed by atoms with Crippen molar-refractivity contribution in [3.05, 3.63) is 78.2 Å². The summed E-state index contributed by atoms with van der Waals surface area (Å²) >= 11 is 5.42. The Morgan fingerprint density at radius 3 is 1.30 bits per heavy atom. The monoisotopic (exact) mass is 1400 g/mol. The molecule has 0 spiro atoms. The second-order valence-electron chi connectivity index (χ2n) is 25.8. The number of carbonyl (C=O) groups is 3. The zero-order valence-electron chi connectivity index (χ0n) is 56.0. The van der Waals surface area contributed by atoms with Crippen LogP contribution in [0.1, 0.15) is 279 Å². The van der Waals surface area contributed by atoms with E-state index in [0.29, 0.717) is 46.8 Å². The summed E-state index contributed by atoms with van der Waals surface area (Å²) in [5.74, 6) is 4.02. The standard InChI is InChI=1S/C15H22N2O2.C14H20N2O2.C10H21NOS.C10H19NOS.C7H7ClN2O2.C7H15N.CH3.BrH.ClH.Mg.H3NO/c1-3-19-14(18)12-10-16-13(17-11-12)9-15(2)7-5-4-6-8-15;1-14(5-3-2-4-6-14)7-13-15-8-11(9-16-13)12(18)10-17;2*1-10(2,3)13(12)11-9-7-5-4-6-8-9;1-2-12-6(11)5-3-9-7(8)10-4-5;1-7(8)5-3-2-4-6-7;;;;;1-2/h10-11H,3-9H2,1-2H3;8-9,17H,2-7,10H2,1H3;9,11H,4-8H2,1-3H3;4-8H2,1-3H3;3-4H,2H2,1H3;2-6,8H2,1H3;1H3;2*1H;;2H,1H2/q;;;;;;-1;;;+2;/p-1. The molecule has 89 heavy (non-hydrogen) atoms. The topological polar surface area (TPSA) is 298 Å². The first kappa shape index (κ1) is 90.6. The van der Waals surface area contributed by atoms with Crippen LogP contribution in [0.5, 0.6) is 0 Å². The van der Waals surface area contributed by atoms with Crippen LogP contribution in [0.15, 0.2) is 41.6 Å². The quantitative estimate of drug-likeness (QED) is 0.0265. The molecule has 5 saturated carbocycles. The summed E-state index contributed by atoms with van der Waals surface area (Å²) in [6.07, 6.45) is 42.2. The van der Waals surface area contributed by atoms with Gasteiger partial charge in [-0.05, 0) is 162 Å². The summed E-state index contributed by atoms with van der Waals surface area (Å²) in [5, 5.41) is 15.4. The third kappa shape index (κ3) is 39.0. The molecule has 0 aliphatic heterocycles. The van der Waals surface area contributed by atoms with Crippen molar-refractivity contribution in [1.29, 1.82) is 0 Å². The van der Waals surface area contributed by atoms with E-state index in [0.717, 1.165) is 37.3 Å². The van der Waals surface area contributed by atoms with Gasteiger partial charge in [0, 0.05) is 67.3 Å². The Morgan fingerprint density at radius 1 is 0.618 bits per heavy atom. The minimum Gasteiger partial charge on any atom is -1.00 e. The molecule has 0 amide bonds. The van der Waals surface area contributed by atoms with Gasteiger partial charge in [-0.3, -0.25) is 4.79 Å². The number of hydrogen-bond donors (Lipinski definition) is 5. The first-order chi connectivity index (χ1) is 40.2. The van der Waals surface area contributed by atoms with Gasteiger partial charge in [0.05, 0.1) is 50.4 Å². The first-order valence-corrected chi connectivity index (χ1v) is 33.6.